The molecule has 1 aliphatic rings. The Kier molecular flexibility index (Phi) is 3.48. The lowest BCUT2D eigenvalue weighted by molar-refractivity contribution is 0.457. The van der Waals surface area contributed by atoms with Crippen LogP contribution in [0.15, 0.2) is 0 Å². The third kappa shape index (κ3) is 2.77. The minimum Gasteiger partial charge on any atom is -0.313 e. The van der Waals surface area contributed by atoms with Crippen molar-refractivity contribution in [3.63, 3.8) is 0 Å². The predicted molar refractivity (Wildman–Crippen MR) is 68.2 cm³/mol. The predicted octanol–water partition coefficient (Wildman–Crippen LogP) is 1.69. The largest absolute Gasteiger partial charge is 0.313 e. The number of nitrogens with one attached hydrogen (secondary N) is 1. The highest BCUT2D eigenvalue weighted by atomic mass is 32.2. The molecule has 1 saturated carbocycles. The number of hydrogen-bond donors (Lipinski definition) is 1. The Morgan fingerprint density at radius 3 is 1.94 bits per heavy atom. The molecule has 0 amide bonds. The minimum atomic E-state index is -2.87. The average Bonchev–Trinajstić information content (AvgIpc) is 2.36. The highest BCUT2D eigenvalue weighted by Gasteiger charge is 2.63. The molecule has 0 aromatic carbocycles. The summed E-state index contributed by atoms with van der Waals surface area (Å²) in [5.41, 5.74) is 0.732. The molecule has 0 bridgehead atoms. The van der Waals surface area contributed by atoms with E-state index in [1.165, 1.54) is 6.26 Å². The van der Waals surface area contributed by atoms with Crippen molar-refractivity contribution in [1.29, 1.82) is 0 Å². The summed E-state index contributed by atoms with van der Waals surface area (Å²) in [5, 5.41) is 3.33. The lowest BCUT2D eigenvalue weighted by Gasteiger charge is -2.13. The number of hydrogen-bond acceptors (Lipinski definition) is 3. The molecule has 0 radical (unpaired) electrons. The van der Waals surface area contributed by atoms with Gasteiger partial charge in [0.25, 0.3) is 0 Å². The molecule has 0 aliphatic heterocycles. The third-order valence-electron chi connectivity index (χ3n) is 4.54. The highest BCUT2D eigenvalue weighted by molar-refractivity contribution is 7.90. The average molecular weight is 247 g/mol. The molecule has 1 rings (SSSR count). The second-order valence-electron chi connectivity index (χ2n) is 6.40. The molecule has 1 fully saturated rings. The monoisotopic (exact) mass is 247 g/mol. The van der Waals surface area contributed by atoms with Gasteiger partial charge in [-0.3, -0.25) is 0 Å². The van der Waals surface area contributed by atoms with Crippen molar-refractivity contribution >= 4 is 9.84 Å². The van der Waals surface area contributed by atoms with E-state index in [1.807, 2.05) is 6.92 Å². The Labute approximate surface area is 99.9 Å². The van der Waals surface area contributed by atoms with E-state index in [4.69, 9.17) is 0 Å². The molecule has 4 heteroatoms. The summed E-state index contributed by atoms with van der Waals surface area (Å²) in [4.78, 5) is 0. The summed E-state index contributed by atoms with van der Waals surface area (Å²) >= 11 is 0. The van der Waals surface area contributed by atoms with Gasteiger partial charge in [-0.1, -0.05) is 27.7 Å². The fourth-order valence-electron chi connectivity index (χ4n) is 2.68. The number of rotatable bonds is 5. The highest BCUT2D eigenvalue weighted by Crippen LogP contribution is 2.67. The smallest absolute Gasteiger partial charge is 0.148 e. The van der Waals surface area contributed by atoms with Crippen LogP contribution in [0.5, 0.6) is 0 Å². The van der Waals surface area contributed by atoms with E-state index in [9.17, 15) is 8.42 Å². The van der Waals surface area contributed by atoms with Gasteiger partial charge in [0.05, 0.1) is 5.75 Å². The lowest BCUT2D eigenvalue weighted by Crippen LogP contribution is -2.34. The van der Waals surface area contributed by atoms with Gasteiger partial charge in [-0.05, 0) is 30.2 Å². The van der Waals surface area contributed by atoms with Gasteiger partial charge >= 0.3 is 0 Å². The summed E-state index contributed by atoms with van der Waals surface area (Å²) in [7, 11) is -2.87. The molecular weight excluding hydrogens is 222 g/mol. The van der Waals surface area contributed by atoms with Crippen LogP contribution in [-0.4, -0.2) is 33.0 Å². The molecule has 1 N–H and O–H groups in total. The summed E-state index contributed by atoms with van der Waals surface area (Å²) in [6.45, 7) is 12.0. The van der Waals surface area contributed by atoms with Crippen LogP contribution in [-0.2, 0) is 9.84 Å². The minimum absolute atomic E-state index is 0.0437. The first-order chi connectivity index (χ1) is 6.98. The third-order valence-corrected chi connectivity index (χ3v) is 5.65. The molecule has 0 heterocycles. The summed E-state index contributed by atoms with van der Waals surface area (Å²) in [5.74, 6) is 0.864. The number of sulfone groups is 1. The SMILES string of the molecule is CC(CS(C)(=O)=O)NCC1C(C)(C)C1(C)C. The van der Waals surface area contributed by atoms with Gasteiger partial charge in [-0.25, -0.2) is 8.42 Å². The van der Waals surface area contributed by atoms with Gasteiger partial charge in [-0.2, -0.15) is 0 Å². The maximum atomic E-state index is 11.1. The summed E-state index contributed by atoms with van der Waals surface area (Å²) in [6.07, 6.45) is 1.29. The standard InChI is InChI=1S/C12H25NO2S/c1-9(8-16(6,14)15)13-7-10-11(2,3)12(10,4)5/h9-10,13H,7-8H2,1-6H3. The molecule has 96 valence electrons. The van der Waals surface area contributed by atoms with E-state index in [0.29, 0.717) is 16.7 Å². The van der Waals surface area contributed by atoms with Crippen molar-refractivity contribution in [2.24, 2.45) is 16.7 Å². The van der Waals surface area contributed by atoms with E-state index in [0.717, 1.165) is 6.54 Å². The zero-order chi connectivity index (χ0) is 12.8. The van der Waals surface area contributed by atoms with E-state index in [1.54, 1.807) is 0 Å². The molecular formula is C12H25NO2S. The fourth-order valence-corrected chi connectivity index (χ4v) is 3.70. The molecule has 3 nitrogen and oxygen atoms in total. The molecule has 16 heavy (non-hydrogen) atoms. The van der Waals surface area contributed by atoms with Crippen LogP contribution in [0.4, 0.5) is 0 Å². The van der Waals surface area contributed by atoms with Crippen LogP contribution in [0.1, 0.15) is 34.6 Å². The normalized spacial score (nSPS) is 25.4. The summed E-state index contributed by atoms with van der Waals surface area (Å²) in [6, 6.07) is 0.0437. The van der Waals surface area contributed by atoms with E-state index < -0.39 is 9.84 Å². The van der Waals surface area contributed by atoms with Crippen molar-refractivity contribution in [2.45, 2.75) is 40.7 Å². The maximum Gasteiger partial charge on any atom is 0.148 e. The zero-order valence-electron chi connectivity index (χ0n) is 11.3. The van der Waals surface area contributed by atoms with Crippen molar-refractivity contribution in [2.75, 3.05) is 18.6 Å². The van der Waals surface area contributed by atoms with E-state index in [2.05, 4.69) is 33.0 Å². The first kappa shape index (κ1) is 14.0. The first-order valence-corrected chi connectivity index (χ1v) is 7.95. The molecule has 1 unspecified atom stereocenters. The van der Waals surface area contributed by atoms with E-state index in [-0.39, 0.29) is 11.8 Å². The molecule has 1 aliphatic carbocycles. The molecule has 0 aromatic rings. The molecule has 0 spiro atoms. The Hall–Kier alpha value is -0.0900. The zero-order valence-corrected chi connectivity index (χ0v) is 12.1. The second-order valence-corrected chi connectivity index (χ2v) is 8.58. The van der Waals surface area contributed by atoms with Crippen LogP contribution in [0.25, 0.3) is 0 Å². The van der Waals surface area contributed by atoms with E-state index >= 15 is 0 Å². The van der Waals surface area contributed by atoms with Gasteiger partial charge in [0.2, 0.25) is 0 Å². The second kappa shape index (κ2) is 3.98. The van der Waals surface area contributed by atoms with Crippen molar-refractivity contribution < 1.29 is 8.42 Å². The van der Waals surface area contributed by atoms with Crippen molar-refractivity contribution in [3.8, 4) is 0 Å². The Balaban J connectivity index is 2.38. The lowest BCUT2D eigenvalue weighted by atomic mass is 10.0. The topological polar surface area (TPSA) is 46.2 Å². The van der Waals surface area contributed by atoms with Gasteiger partial charge in [0, 0.05) is 12.3 Å². The van der Waals surface area contributed by atoms with Gasteiger partial charge in [-0.15, -0.1) is 0 Å². The first-order valence-electron chi connectivity index (χ1n) is 5.89. The van der Waals surface area contributed by atoms with Crippen LogP contribution in [0, 0.1) is 16.7 Å². The molecule has 0 saturated heterocycles. The Morgan fingerprint density at radius 2 is 1.62 bits per heavy atom. The van der Waals surface area contributed by atoms with Crippen molar-refractivity contribution in [1.82, 2.24) is 5.32 Å². The summed E-state index contributed by atoms with van der Waals surface area (Å²) < 4.78 is 22.2. The van der Waals surface area contributed by atoms with Crippen molar-refractivity contribution in [3.05, 3.63) is 0 Å². The van der Waals surface area contributed by atoms with Gasteiger partial charge in [0.15, 0.2) is 0 Å². The Morgan fingerprint density at radius 1 is 1.19 bits per heavy atom. The fraction of sp³-hybridized carbons (Fsp3) is 1.00. The maximum absolute atomic E-state index is 11.1. The Bertz CT molecular complexity index is 343. The molecule has 0 aromatic heterocycles. The quantitative estimate of drug-likeness (QED) is 0.804. The van der Waals surface area contributed by atoms with Crippen LogP contribution < -0.4 is 5.32 Å². The molecule has 1 atom stereocenters. The van der Waals surface area contributed by atoms with Crippen LogP contribution in [0.2, 0.25) is 0 Å². The van der Waals surface area contributed by atoms with Crippen LogP contribution >= 0.6 is 0 Å². The van der Waals surface area contributed by atoms with Gasteiger partial charge < -0.3 is 5.32 Å². The van der Waals surface area contributed by atoms with Gasteiger partial charge in [0.1, 0.15) is 9.84 Å². The van der Waals surface area contributed by atoms with Crippen LogP contribution in [0.3, 0.4) is 0 Å².